The highest BCUT2D eigenvalue weighted by atomic mass is 32.1. The van der Waals surface area contributed by atoms with E-state index in [1.54, 1.807) is 24.0 Å². The summed E-state index contributed by atoms with van der Waals surface area (Å²) in [6, 6.07) is 4.80. The molecular weight excluding hydrogens is 305 g/mol. The zero-order chi connectivity index (χ0) is 16.0. The molecule has 1 fully saturated rings. The number of hydrogen-bond donors (Lipinski definition) is 1. The van der Waals surface area contributed by atoms with Crippen LogP contribution in [0.3, 0.4) is 0 Å². The summed E-state index contributed by atoms with van der Waals surface area (Å²) in [5, 5.41) is 9.66. The van der Waals surface area contributed by atoms with Gasteiger partial charge in [-0.25, -0.2) is 4.39 Å². The highest BCUT2D eigenvalue weighted by Crippen LogP contribution is 2.34. The zero-order valence-corrected chi connectivity index (χ0v) is 13.1. The van der Waals surface area contributed by atoms with Gasteiger partial charge in [0.05, 0.1) is 10.8 Å². The lowest BCUT2D eigenvalue weighted by molar-refractivity contribution is -0.142. The maximum absolute atomic E-state index is 13.9. The van der Waals surface area contributed by atoms with Gasteiger partial charge in [0.1, 0.15) is 5.82 Å². The Morgan fingerprint density at radius 1 is 1.36 bits per heavy atom. The lowest BCUT2D eigenvalue weighted by Gasteiger charge is -2.15. The zero-order valence-electron chi connectivity index (χ0n) is 12.3. The highest BCUT2D eigenvalue weighted by Gasteiger charge is 2.38. The molecule has 22 heavy (non-hydrogen) atoms. The molecule has 0 unspecified atom stereocenters. The molecule has 1 aliphatic rings. The predicted octanol–water partition coefficient (Wildman–Crippen LogP) is 3.14. The van der Waals surface area contributed by atoms with Crippen LogP contribution in [0.25, 0.3) is 10.1 Å². The van der Waals surface area contributed by atoms with Crippen molar-refractivity contribution in [2.24, 2.45) is 11.8 Å². The normalized spacial score (nSPS) is 21.5. The van der Waals surface area contributed by atoms with Gasteiger partial charge in [-0.05, 0) is 30.5 Å². The Labute approximate surface area is 131 Å². The second kappa shape index (κ2) is 5.35. The van der Waals surface area contributed by atoms with Crippen LogP contribution in [0.2, 0.25) is 0 Å². The first-order valence-electron chi connectivity index (χ1n) is 7.10. The molecule has 1 aromatic carbocycles. The largest absolute Gasteiger partial charge is 0.481 e. The summed E-state index contributed by atoms with van der Waals surface area (Å²) in [5.41, 5.74) is 0.634. The molecule has 1 saturated heterocycles. The number of nitrogens with zero attached hydrogens (tertiary/aromatic N) is 1. The Balaban J connectivity index is 1.95. The number of thiophene rings is 1. The first kappa shape index (κ1) is 15.0. The molecule has 1 aromatic heterocycles. The van der Waals surface area contributed by atoms with Crippen molar-refractivity contribution in [1.82, 2.24) is 4.90 Å². The summed E-state index contributed by atoms with van der Waals surface area (Å²) in [6.45, 7) is 4.21. The van der Waals surface area contributed by atoms with Crippen LogP contribution in [-0.4, -0.2) is 35.0 Å². The number of fused-ring (bicyclic) bond motifs is 1. The Kier molecular flexibility index (Phi) is 3.64. The number of benzene rings is 1. The molecule has 0 spiro atoms. The van der Waals surface area contributed by atoms with Gasteiger partial charge in [0.15, 0.2) is 0 Å². The Bertz CT molecular complexity index is 770. The van der Waals surface area contributed by atoms with Crippen molar-refractivity contribution in [3.8, 4) is 0 Å². The van der Waals surface area contributed by atoms with Gasteiger partial charge in [0.2, 0.25) is 0 Å². The van der Waals surface area contributed by atoms with Gasteiger partial charge in [-0.15, -0.1) is 11.3 Å². The standard InChI is InChI=1S/C16H16FNO3S/c1-8-6-18(7-10(8)16(20)21)15(19)14-9(2)13-11(17)4-3-5-12(13)22-14/h3-5,8,10H,6-7H2,1-2H3,(H,20,21)/t8-,10-/m1/s1. The monoisotopic (exact) mass is 321 g/mol. The Morgan fingerprint density at radius 2 is 2.09 bits per heavy atom. The van der Waals surface area contributed by atoms with Gasteiger partial charge in [0, 0.05) is 23.2 Å². The van der Waals surface area contributed by atoms with Gasteiger partial charge in [-0.3, -0.25) is 9.59 Å². The lowest BCUT2D eigenvalue weighted by atomic mass is 9.99. The average Bonchev–Trinajstić information content (AvgIpc) is 3.00. The molecule has 0 saturated carbocycles. The average molecular weight is 321 g/mol. The number of rotatable bonds is 2. The van der Waals surface area contributed by atoms with Crippen LogP contribution in [0, 0.1) is 24.6 Å². The molecule has 6 heteroatoms. The van der Waals surface area contributed by atoms with Crippen molar-refractivity contribution >= 4 is 33.3 Å². The summed E-state index contributed by atoms with van der Waals surface area (Å²) >= 11 is 1.27. The number of carbonyl (C=O) groups excluding carboxylic acids is 1. The minimum Gasteiger partial charge on any atom is -0.481 e. The van der Waals surface area contributed by atoms with Crippen LogP contribution in [0.15, 0.2) is 18.2 Å². The number of carboxylic acid groups (broad SMARTS) is 1. The number of aliphatic carboxylic acids is 1. The van der Waals surface area contributed by atoms with Crippen molar-refractivity contribution in [1.29, 1.82) is 0 Å². The van der Waals surface area contributed by atoms with Crippen molar-refractivity contribution < 1.29 is 19.1 Å². The fourth-order valence-electron chi connectivity index (χ4n) is 3.06. The minimum atomic E-state index is -0.873. The van der Waals surface area contributed by atoms with E-state index in [0.717, 1.165) is 4.70 Å². The molecule has 0 aliphatic carbocycles. The Hall–Kier alpha value is -1.95. The molecule has 1 aliphatic heterocycles. The topological polar surface area (TPSA) is 57.6 Å². The first-order valence-corrected chi connectivity index (χ1v) is 7.91. The number of aryl methyl sites for hydroxylation is 1. The molecule has 2 atom stereocenters. The molecule has 3 rings (SSSR count). The van der Waals surface area contributed by atoms with E-state index in [1.165, 1.54) is 17.4 Å². The third-order valence-corrected chi connectivity index (χ3v) is 5.56. The van der Waals surface area contributed by atoms with Gasteiger partial charge in [-0.2, -0.15) is 0 Å². The number of carbonyl (C=O) groups is 2. The number of amides is 1. The third-order valence-electron chi connectivity index (χ3n) is 4.31. The van der Waals surface area contributed by atoms with Crippen LogP contribution >= 0.6 is 11.3 Å². The van der Waals surface area contributed by atoms with Gasteiger partial charge < -0.3 is 10.0 Å². The number of hydrogen-bond acceptors (Lipinski definition) is 3. The maximum atomic E-state index is 13.9. The van der Waals surface area contributed by atoms with E-state index in [9.17, 15) is 19.1 Å². The number of likely N-dealkylation sites (tertiary alicyclic amines) is 1. The van der Waals surface area contributed by atoms with E-state index in [2.05, 4.69) is 0 Å². The summed E-state index contributed by atoms with van der Waals surface area (Å²) < 4.78 is 14.7. The maximum Gasteiger partial charge on any atom is 0.308 e. The van der Waals surface area contributed by atoms with Crippen LogP contribution in [0.5, 0.6) is 0 Å². The summed E-state index contributed by atoms with van der Waals surface area (Å²) in [7, 11) is 0. The second-order valence-electron chi connectivity index (χ2n) is 5.80. The molecule has 0 bridgehead atoms. The molecule has 2 aromatic rings. The van der Waals surface area contributed by atoms with E-state index in [-0.39, 0.29) is 24.2 Å². The molecular formula is C16H16FNO3S. The van der Waals surface area contributed by atoms with E-state index < -0.39 is 11.9 Å². The van der Waals surface area contributed by atoms with Gasteiger partial charge in [-0.1, -0.05) is 13.0 Å². The van der Waals surface area contributed by atoms with E-state index in [0.29, 0.717) is 22.4 Å². The summed E-state index contributed by atoms with van der Waals surface area (Å²) in [6.07, 6.45) is 0. The van der Waals surface area contributed by atoms with E-state index in [1.807, 2.05) is 6.92 Å². The molecule has 4 nitrogen and oxygen atoms in total. The lowest BCUT2D eigenvalue weighted by Crippen LogP contribution is -2.29. The SMILES string of the molecule is Cc1c(C(=O)N2C[C@@H](C)[C@H](C(=O)O)C2)sc2cccc(F)c12. The van der Waals surface area contributed by atoms with Gasteiger partial charge in [0.25, 0.3) is 5.91 Å². The quantitative estimate of drug-likeness (QED) is 0.924. The molecule has 0 radical (unpaired) electrons. The number of carboxylic acids is 1. The van der Waals surface area contributed by atoms with E-state index >= 15 is 0 Å². The fourth-order valence-corrected chi connectivity index (χ4v) is 4.25. The summed E-state index contributed by atoms with van der Waals surface area (Å²) in [5.74, 6) is -2.01. The second-order valence-corrected chi connectivity index (χ2v) is 6.85. The smallest absolute Gasteiger partial charge is 0.308 e. The van der Waals surface area contributed by atoms with Crippen molar-refractivity contribution in [3.63, 3.8) is 0 Å². The molecule has 1 N–H and O–H groups in total. The van der Waals surface area contributed by atoms with Crippen molar-refractivity contribution in [3.05, 3.63) is 34.5 Å². The Morgan fingerprint density at radius 3 is 2.68 bits per heavy atom. The van der Waals surface area contributed by atoms with Crippen molar-refractivity contribution in [2.75, 3.05) is 13.1 Å². The van der Waals surface area contributed by atoms with Crippen LogP contribution in [0.1, 0.15) is 22.2 Å². The van der Waals surface area contributed by atoms with Gasteiger partial charge >= 0.3 is 5.97 Å². The van der Waals surface area contributed by atoms with E-state index in [4.69, 9.17) is 0 Å². The number of halogens is 1. The summed E-state index contributed by atoms with van der Waals surface area (Å²) in [4.78, 5) is 25.9. The molecule has 116 valence electrons. The van der Waals surface area contributed by atoms with Crippen molar-refractivity contribution in [2.45, 2.75) is 13.8 Å². The van der Waals surface area contributed by atoms with Crippen LogP contribution in [0.4, 0.5) is 4.39 Å². The fraction of sp³-hybridized carbons (Fsp3) is 0.375. The minimum absolute atomic E-state index is 0.0760. The molecule has 1 amide bonds. The molecule has 2 heterocycles. The third kappa shape index (κ3) is 2.27. The van der Waals surface area contributed by atoms with Crippen LogP contribution in [-0.2, 0) is 4.79 Å². The first-order chi connectivity index (χ1) is 10.4. The predicted molar refractivity (Wildman–Crippen MR) is 82.7 cm³/mol. The van der Waals surface area contributed by atoms with Crippen LogP contribution < -0.4 is 0 Å². The highest BCUT2D eigenvalue weighted by molar-refractivity contribution is 7.21.